The molecular weight excluding hydrogens is 246 g/mol. The number of hydrogen-bond acceptors (Lipinski definition) is 2. The van der Waals surface area contributed by atoms with Crippen molar-refractivity contribution in [3.8, 4) is 5.75 Å². The van der Waals surface area contributed by atoms with Crippen molar-refractivity contribution in [2.24, 2.45) is 5.92 Å². The monoisotopic (exact) mass is 269 g/mol. The average molecular weight is 269 g/mol. The Labute approximate surface area is 121 Å². The van der Waals surface area contributed by atoms with E-state index in [1.54, 1.807) is 7.11 Å². The van der Waals surface area contributed by atoms with Gasteiger partial charge in [0.1, 0.15) is 5.75 Å². The van der Waals surface area contributed by atoms with E-state index in [-0.39, 0.29) is 0 Å². The molecule has 2 aromatic rings. The number of ether oxygens (including phenoxy) is 1. The number of benzene rings is 2. The Balaban J connectivity index is 1.79. The summed E-state index contributed by atoms with van der Waals surface area (Å²) in [5.74, 6) is 1.84. The van der Waals surface area contributed by atoms with Gasteiger partial charge in [-0.2, -0.15) is 0 Å². The molecule has 3 rings (SSSR count). The minimum Gasteiger partial charge on any atom is -0.497 e. The number of methoxy groups -OCH3 is 1. The van der Waals surface area contributed by atoms with Crippen molar-refractivity contribution >= 4 is 10.8 Å². The highest BCUT2D eigenvalue weighted by molar-refractivity contribution is 5.87. The molecule has 0 amide bonds. The van der Waals surface area contributed by atoms with Crippen LogP contribution in [0.2, 0.25) is 0 Å². The van der Waals surface area contributed by atoms with Crippen LogP contribution in [0.1, 0.15) is 24.8 Å². The van der Waals surface area contributed by atoms with Crippen LogP contribution in [-0.2, 0) is 6.42 Å². The largest absolute Gasteiger partial charge is 0.497 e. The van der Waals surface area contributed by atoms with E-state index in [4.69, 9.17) is 4.74 Å². The Morgan fingerprint density at radius 3 is 2.80 bits per heavy atom. The number of piperidine rings is 1. The van der Waals surface area contributed by atoms with Crippen molar-refractivity contribution in [3.63, 3.8) is 0 Å². The van der Waals surface area contributed by atoms with Crippen LogP contribution in [0.15, 0.2) is 36.4 Å². The smallest absolute Gasteiger partial charge is 0.119 e. The van der Waals surface area contributed by atoms with Crippen LogP contribution in [0.25, 0.3) is 10.8 Å². The highest BCUT2D eigenvalue weighted by Gasteiger charge is 2.13. The fraction of sp³-hybridized carbons (Fsp3) is 0.444. The first-order chi connectivity index (χ1) is 9.86. The third-order valence-corrected chi connectivity index (χ3v) is 4.46. The minimum absolute atomic E-state index is 0.886. The summed E-state index contributed by atoms with van der Waals surface area (Å²) >= 11 is 0. The van der Waals surface area contributed by atoms with Crippen LogP contribution in [0.4, 0.5) is 0 Å². The van der Waals surface area contributed by atoms with Gasteiger partial charge in [-0.3, -0.25) is 0 Å². The molecule has 1 fully saturated rings. The number of aryl methyl sites for hydroxylation is 1. The van der Waals surface area contributed by atoms with Gasteiger partial charge in [-0.1, -0.05) is 24.3 Å². The first-order valence-electron chi connectivity index (χ1n) is 7.63. The van der Waals surface area contributed by atoms with Crippen molar-refractivity contribution in [2.45, 2.75) is 25.7 Å². The molecule has 1 aliphatic heterocycles. The van der Waals surface area contributed by atoms with Crippen LogP contribution in [0, 0.1) is 5.92 Å². The highest BCUT2D eigenvalue weighted by Crippen LogP contribution is 2.27. The Bertz CT molecular complexity index is 573. The predicted octanol–water partition coefficient (Wildman–Crippen LogP) is 3.78. The van der Waals surface area contributed by atoms with E-state index in [0.717, 1.165) is 11.7 Å². The van der Waals surface area contributed by atoms with Crippen LogP contribution in [0.5, 0.6) is 5.75 Å². The summed E-state index contributed by atoms with van der Waals surface area (Å²) in [7, 11) is 1.73. The average Bonchev–Trinajstić information content (AvgIpc) is 2.53. The zero-order chi connectivity index (χ0) is 13.8. The summed E-state index contributed by atoms with van der Waals surface area (Å²) in [5, 5.41) is 6.10. The number of hydrogen-bond donors (Lipinski definition) is 1. The molecule has 1 N–H and O–H groups in total. The summed E-state index contributed by atoms with van der Waals surface area (Å²) in [4.78, 5) is 0. The number of fused-ring (bicyclic) bond motifs is 1. The van der Waals surface area contributed by atoms with Crippen LogP contribution in [-0.4, -0.2) is 20.2 Å². The Morgan fingerprint density at radius 2 is 2.00 bits per heavy atom. The van der Waals surface area contributed by atoms with E-state index in [2.05, 4.69) is 35.6 Å². The third-order valence-electron chi connectivity index (χ3n) is 4.46. The van der Waals surface area contributed by atoms with E-state index in [1.807, 2.05) is 6.07 Å². The van der Waals surface area contributed by atoms with Crippen LogP contribution in [0.3, 0.4) is 0 Å². The molecule has 0 unspecified atom stereocenters. The lowest BCUT2D eigenvalue weighted by atomic mass is 9.90. The van der Waals surface area contributed by atoms with Crippen molar-refractivity contribution in [3.05, 3.63) is 42.0 Å². The molecule has 0 saturated carbocycles. The molecule has 0 bridgehead atoms. The van der Waals surface area contributed by atoms with Gasteiger partial charge in [0.15, 0.2) is 0 Å². The summed E-state index contributed by atoms with van der Waals surface area (Å²) in [6.45, 7) is 2.38. The van der Waals surface area contributed by atoms with Gasteiger partial charge in [-0.25, -0.2) is 0 Å². The fourth-order valence-electron chi connectivity index (χ4n) is 3.19. The lowest BCUT2D eigenvalue weighted by Crippen LogP contribution is -2.27. The lowest BCUT2D eigenvalue weighted by molar-refractivity contribution is 0.354. The van der Waals surface area contributed by atoms with Crippen LogP contribution < -0.4 is 10.1 Å². The number of rotatable bonds is 4. The molecule has 106 valence electrons. The second-order valence-corrected chi connectivity index (χ2v) is 5.74. The molecule has 2 aromatic carbocycles. The van der Waals surface area contributed by atoms with Gasteiger partial charge in [-0.15, -0.1) is 0 Å². The standard InChI is InChI=1S/C18H23NO/c1-20-17-8-7-16-4-2-3-15(18(16)13-17)6-5-14-9-11-19-12-10-14/h2-4,7-8,13-14,19H,5-6,9-12H2,1H3. The van der Waals surface area contributed by atoms with E-state index in [9.17, 15) is 0 Å². The molecule has 1 heterocycles. The molecule has 1 aliphatic rings. The highest BCUT2D eigenvalue weighted by atomic mass is 16.5. The molecule has 20 heavy (non-hydrogen) atoms. The minimum atomic E-state index is 0.886. The molecule has 0 atom stereocenters. The fourth-order valence-corrected chi connectivity index (χ4v) is 3.19. The summed E-state index contributed by atoms with van der Waals surface area (Å²) < 4.78 is 5.36. The van der Waals surface area contributed by atoms with E-state index >= 15 is 0 Å². The van der Waals surface area contributed by atoms with Gasteiger partial charge in [0, 0.05) is 0 Å². The van der Waals surface area contributed by atoms with Crippen molar-refractivity contribution in [1.29, 1.82) is 0 Å². The maximum absolute atomic E-state index is 5.36. The van der Waals surface area contributed by atoms with E-state index in [1.165, 1.54) is 55.1 Å². The quantitative estimate of drug-likeness (QED) is 0.912. The van der Waals surface area contributed by atoms with Gasteiger partial charge in [-0.05, 0) is 73.2 Å². The van der Waals surface area contributed by atoms with E-state index < -0.39 is 0 Å². The van der Waals surface area contributed by atoms with Crippen molar-refractivity contribution in [1.82, 2.24) is 5.32 Å². The Kier molecular flexibility index (Phi) is 4.22. The second-order valence-electron chi connectivity index (χ2n) is 5.74. The van der Waals surface area contributed by atoms with Crippen LogP contribution >= 0.6 is 0 Å². The molecule has 0 aromatic heterocycles. The first-order valence-corrected chi connectivity index (χ1v) is 7.63. The van der Waals surface area contributed by atoms with E-state index in [0.29, 0.717) is 0 Å². The molecular formula is C18H23NO. The third kappa shape index (κ3) is 2.96. The molecule has 0 aliphatic carbocycles. The molecule has 0 spiro atoms. The Hall–Kier alpha value is -1.54. The summed E-state index contributed by atoms with van der Waals surface area (Å²) in [6, 6.07) is 13.0. The van der Waals surface area contributed by atoms with Gasteiger partial charge >= 0.3 is 0 Å². The molecule has 0 radical (unpaired) electrons. The summed E-state index contributed by atoms with van der Waals surface area (Å²) in [6.07, 6.45) is 5.13. The summed E-state index contributed by atoms with van der Waals surface area (Å²) in [5.41, 5.74) is 1.46. The molecule has 2 heteroatoms. The zero-order valence-electron chi connectivity index (χ0n) is 12.2. The lowest BCUT2D eigenvalue weighted by Gasteiger charge is -2.22. The van der Waals surface area contributed by atoms with Gasteiger partial charge < -0.3 is 10.1 Å². The van der Waals surface area contributed by atoms with Crippen molar-refractivity contribution < 1.29 is 4.74 Å². The maximum atomic E-state index is 5.36. The zero-order valence-corrected chi connectivity index (χ0v) is 12.2. The maximum Gasteiger partial charge on any atom is 0.119 e. The first kappa shape index (κ1) is 13.4. The van der Waals surface area contributed by atoms with Gasteiger partial charge in [0.25, 0.3) is 0 Å². The number of nitrogens with one attached hydrogen (secondary N) is 1. The second kappa shape index (κ2) is 6.27. The Morgan fingerprint density at radius 1 is 1.15 bits per heavy atom. The predicted molar refractivity (Wildman–Crippen MR) is 84.4 cm³/mol. The van der Waals surface area contributed by atoms with Gasteiger partial charge in [0.2, 0.25) is 0 Å². The molecule has 1 saturated heterocycles. The van der Waals surface area contributed by atoms with Crippen molar-refractivity contribution in [2.75, 3.05) is 20.2 Å². The normalized spacial score (nSPS) is 16.4. The van der Waals surface area contributed by atoms with Gasteiger partial charge in [0.05, 0.1) is 7.11 Å². The topological polar surface area (TPSA) is 21.3 Å². The molecule has 2 nitrogen and oxygen atoms in total. The SMILES string of the molecule is COc1ccc2cccc(CCC3CCNCC3)c2c1.